The summed E-state index contributed by atoms with van der Waals surface area (Å²) in [7, 11) is 0. The highest BCUT2D eigenvalue weighted by Crippen LogP contribution is 2.06. The van der Waals surface area contributed by atoms with Gasteiger partial charge in [0.15, 0.2) is 0 Å². The van der Waals surface area contributed by atoms with Crippen molar-refractivity contribution in [1.29, 1.82) is 0 Å². The molecular weight excluding hydrogens is 214 g/mol. The molecule has 3 atom stereocenters. The smallest absolute Gasteiger partial charge is 0.224 e. The maximum Gasteiger partial charge on any atom is 0.224 e. The number of carbonyl (C=O) groups excluding carboxylic acids is 1. The van der Waals surface area contributed by atoms with Crippen LogP contribution in [0.2, 0.25) is 0 Å². The van der Waals surface area contributed by atoms with E-state index in [0.717, 1.165) is 13.1 Å². The summed E-state index contributed by atoms with van der Waals surface area (Å²) < 4.78 is 0. The van der Waals surface area contributed by atoms with Crippen LogP contribution in [0.1, 0.15) is 27.2 Å². The normalized spacial score (nSPS) is 28.1. The molecule has 0 spiro atoms. The molecule has 1 amide bonds. The zero-order valence-corrected chi connectivity index (χ0v) is 10.5. The first-order chi connectivity index (χ1) is 6.49. The van der Waals surface area contributed by atoms with Crippen molar-refractivity contribution in [2.45, 2.75) is 45.3 Å². The molecular formula is C10H22ClN3O. The maximum atomic E-state index is 11.7. The van der Waals surface area contributed by atoms with E-state index in [9.17, 15) is 4.79 Å². The van der Waals surface area contributed by atoms with Crippen LogP contribution < -0.4 is 11.1 Å². The third-order valence-corrected chi connectivity index (χ3v) is 2.41. The van der Waals surface area contributed by atoms with Crippen molar-refractivity contribution in [3.8, 4) is 0 Å². The van der Waals surface area contributed by atoms with Gasteiger partial charge in [-0.2, -0.15) is 0 Å². The van der Waals surface area contributed by atoms with Gasteiger partial charge in [-0.25, -0.2) is 0 Å². The van der Waals surface area contributed by atoms with Gasteiger partial charge in [0.2, 0.25) is 5.91 Å². The molecule has 1 heterocycles. The number of piperazine rings is 1. The van der Waals surface area contributed by atoms with Gasteiger partial charge >= 0.3 is 0 Å². The predicted molar refractivity (Wildman–Crippen MR) is 64.2 cm³/mol. The molecule has 4 nitrogen and oxygen atoms in total. The molecule has 1 saturated heterocycles. The number of hydrogen-bond donors (Lipinski definition) is 2. The fourth-order valence-electron chi connectivity index (χ4n) is 1.93. The Labute approximate surface area is 98.0 Å². The molecule has 90 valence electrons. The first kappa shape index (κ1) is 14.7. The van der Waals surface area contributed by atoms with Crippen LogP contribution in [0.4, 0.5) is 0 Å². The molecule has 3 unspecified atom stereocenters. The molecule has 1 aliphatic heterocycles. The molecule has 0 aromatic rings. The molecule has 0 aromatic heterocycles. The van der Waals surface area contributed by atoms with Crippen molar-refractivity contribution < 1.29 is 4.79 Å². The number of halogens is 1. The third-order valence-electron chi connectivity index (χ3n) is 2.41. The van der Waals surface area contributed by atoms with Crippen LogP contribution in [0, 0.1) is 0 Å². The van der Waals surface area contributed by atoms with Crippen LogP contribution >= 0.6 is 12.4 Å². The minimum atomic E-state index is -0.0389. The van der Waals surface area contributed by atoms with E-state index >= 15 is 0 Å². The van der Waals surface area contributed by atoms with Gasteiger partial charge in [0.25, 0.3) is 0 Å². The van der Waals surface area contributed by atoms with Crippen molar-refractivity contribution >= 4 is 18.3 Å². The van der Waals surface area contributed by atoms with Gasteiger partial charge in [-0.15, -0.1) is 12.4 Å². The lowest BCUT2D eigenvalue weighted by molar-refractivity contribution is -0.133. The average Bonchev–Trinajstić information content (AvgIpc) is 2.00. The lowest BCUT2D eigenvalue weighted by atomic mass is 10.1. The summed E-state index contributed by atoms with van der Waals surface area (Å²) >= 11 is 0. The quantitative estimate of drug-likeness (QED) is 0.727. The lowest BCUT2D eigenvalue weighted by Gasteiger charge is -2.36. The maximum absolute atomic E-state index is 11.7. The number of amides is 1. The van der Waals surface area contributed by atoms with E-state index in [1.54, 1.807) is 0 Å². The molecule has 1 fully saturated rings. The molecule has 0 aliphatic carbocycles. The SMILES string of the molecule is CC(N)CC(=O)N1CC(C)NC(C)C1.Cl. The number of nitrogens with two attached hydrogens (primary N) is 1. The molecule has 0 bridgehead atoms. The molecule has 0 aromatic carbocycles. The Morgan fingerprint density at radius 1 is 1.47 bits per heavy atom. The topological polar surface area (TPSA) is 58.4 Å². The fourth-order valence-corrected chi connectivity index (χ4v) is 1.93. The second-order valence-electron chi connectivity index (χ2n) is 4.45. The van der Waals surface area contributed by atoms with Gasteiger partial charge in [-0.1, -0.05) is 0 Å². The number of nitrogens with zero attached hydrogens (tertiary/aromatic N) is 1. The Bertz CT molecular complexity index is 201. The summed E-state index contributed by atoms with van der Waals surface area (Å²) in [6.07, 6.45) is 0.458. The number of carbonyl (C=O) groups is 1. The first-order valence-corrected chi connectivity index (χ1v) is 5.28. The Morgan fingerprint density at radius 3 is 2.33 bits per heavy atom. The highest BCUT2D eigenvalue weighted by Gasteiger charge is 2.24. The Kier molecular flexibility index (Phi) is 6.17. The summed E-state index contributed by atoms with van der Waals surface area (Å²) in [5.41, 5.74) is 5.61. The van der Waals surface area contributed by atoms with Crippen LogP contribution in [0.3, 0.4) is 0 Å². The Hall–Kier alpha value is -0.320. The standard InChI is InChI=1S/C10H21N3O.ClH/c1-7(11)4-10(14)13-5-8(2)12-9(3)6-13;/h7-9,12H,4-6,11H2,1-3H3;1H. The predicted octanol–water partition coefficient (Wildman–Crippen LogP) is 0.354. The largest absolute Gasteiger partial charge is 0.340 e. The van der Waals surface area contributed by atoms with E-state index in [4.69, 9.17) is 5.73 Å². The molecule has 1 rings (SSSR count). The van der Waals surface area contributed by atoms with Gasteiger partial charge in [-0.05, 0) is 20.8 Å². The van der Waals surface area contributed by atoms with Crippen molar-refractivity contribution in [3.05, 3.63) is 0 Å². The molecule has 3 N–H and O–H groups in total. The summed E-state index contributed by atoms with van der Waals surface area (Å²) in [5.74, 6) is 0.181. The molecule has 5 heteroatoms. The zero-order valence-electron chi connectivity index (χ0n) is 9.69. The summed E-state index contributed by atoms with van der Waals surface area (Å²) in [6, 6.07) is 0.731. The highest BCUT2D eigenvalue weighted by molar-refractivity contribution is 5.85. The third kappa shape index (κ3) is 4.82. The molecule has 15 heavy (non-hydrogen) atoms. The summed E-state index contributed by atoms with van der Waals surface area (Å²) in [4.78, 5) is 13.6. The number of rotatable bonds is 2. The van der Waals surface area contributed by atoms with Crippen molar-refractivity contribution in [1.82, 2.24) is 10.2 Å². The van der Waals surface area contributed by atoms with E-state index in [1.807, 2.05) is 11.8 Å². The Balaban J connectivity index is 0.00000196. The van der Waals surface area contributed by atoms with Crippen molar-refractivity contribution in [2.75, 3.05) is 13.1 Å². The van der Waals surface area contributed by atoms with Crippen molar-refractivity contribution in [2.24, 2.45) is 5.73 Å². The molecule has 0 radical (unpaired) electrons. The van der Waals surface area contributed by atoms with E-state index in [0.29, 0.717) is 18.5 Å². The van der Waals surface area contributed by atoms with Crippen LogP contribution in [-0.4, -0.2) is 42.0 Å². The number of nitrogens with one attached hydrogen (secondary N) is 1. The van der Waals surface area contributed by atoms with Gasteiger partial charge < -0.3 is 16.0 Å². The van der Waals surface area contributed by atoms with E-state index in [-0.39, 0.29) is 24.4 Å². The lowest BCUT2D eigenvalue weighted by Crippen LogP contribution is -2.56. The zero-order chi connectivity index (χ0) is 10.7. The van der Waals surface area contributed by atoms with Gasteiger partial charge in [0.05, 0.1) is 0 Å². The Morgan fingerprint density at radius 2 is 1.93 bits per heavy atom. The second-order valence-corrected chi connectivity index (χ2v) is 4.45. The van der Waals surface area contributed by atoms with Crippen molar-refractivity contribution in [3.63, 3.8) is 0 Å². The monoisotopic (exact) mass is 235 g/mol. The van der Waals surface area contributed by atoms with Gasteiger partial charge in [-0.3, -0.25) is 4.79 Å². The highest BCUT2D eigenvalue weighted by atomic mass is 35.5. The molecule has 0 saturated carbocycles. The molecule has 1 aliphatic rings. The van der Waals surface area contributed by atoms with Crippen LogP contribution in [0.25, 0.3) is 0 Å². The second kappa shape index (κ2) is 6.30. The minimum absolute atomic E-state index is 0. The number of hydrogen-bond acceptors (Lipinski definition) is 3. The van der Waals surface area contributed by atoms with Gasteiger partial charge in [0.1, 0.15) is 0 Å². The average molecular weight is 236 g/mol. The fraction of sp³-hybridized carbons (Fsp3) is 0.900. The van der Waals surface area contributed by atoms with Crippen LogP contribution in [0.15, 0.2) is 0 Å². The van der Waals surface area contributed by atoms with E-state index in [2.05, 4.69) is 19.2 Å². The minimum Gasteiger partial charge on any atom is -0.340 e. The van der Waals surface area contributed by atoms with E-state index in [1.165, 1.54) is 0 Å². The van der Waals surface area contributed by atoms with Crippen LogP contribution in [0.5, 0.6) is 0 Å². The summed E-state index contributed by atoms with van der Waals surface area (Å²) in [5, 5.41) is 3.39. The van der Waals surface area contributed by atoms with Crippen LogP contribution in [-0.2, 0) is 4.79 Å². The summed E-state index contributed by atoms with van der Waals surface area (Å²) in [6.45, 7) is 7.67. The first-order valence-electron chi connectivity index (χ1n) is 5.28. The van der Waals surface area contributed by atoms with Gasteiger partial charge in [0, 0.05) is 37.6 Å². The van der Waals surface area contributed by atoms with E-state index < -0.39 is 0 Å².